The summed E-state index contributed by atoms with van der Waals surface area (Å²) in [6, 6.07) is 12.3. The zero-order valence-corrected chi connectivity index (χ0v) is 26.3. The number of carboxylic acid groups (broad SMARTS) is 1. The van der Waals surface area contributed by atoms with Gasteiger partial charge in [0.25, 0.3) is 0 Å². The summed E-state index contributed by atoms with van der Waals surface area (Å²) in [6.07, 6.45) is 1.83. The van der Waals surface area contributed by atoms with Gasteiger partial charge in [0.05, 0.1) is 11.7 Å². The van der Waals surface area contributed by atoms with Crippen LogP contribution in [0.1, 0.15) is 101 Å². The molecule has 0 spiro atoms. The predicted molar refractivity (Wildman–Crippen MR) is 158 cm³/mol. The second kappa shape index (κ2) is 11.3. The molecule has 1 atom stereocenters. The van der Waals surface area contributed by atoms with E-state index in [4.69, 9.17) is 9.16 Å². The number of carbonyl (C=O) groups is 1. The summed E-state index contributed by atoms with van der Waals surface area (Å²) in [7, 11) is -1.94. The first-order valence-electron chi connectivity index (χ1n) is 13.7. The Kier molecular flexibility index (Phi) is 9.52. The third kappa shape index (κ3) is 6.86. The number of hydrogen-bond donors (Lipinski definition) is 1. The average Bonchev–Trinajstić information content (AvgIpc) is 2.77. The predicted octanol–water partition coefficient (Wildman–Crippen LogP) is 8.92. The molecule has 2 aromatic carbocycles. The lowest BCUT2D eigenvalue weighted by molar-refractivity contribution is 0.0310. The van der Waals surface area contributed by atoms with Gasteiger partial charge in [-0.3, -0.25) is 0 Å². The largest absolute Gasteiger partial charge is 0.491 e. The maximum Gasteiger partial charge on any atom is 0.335 e. The molecule has 206 valence electrons. The molecule has 0 amide bonds. The van der Waals surface area contributed by atoms with Gasteiger partial charge >= 0.3 is 5.97 Å². The molecule has 4 nitrogen and oxygen atoms in total. The molecule has 0 heterocycles. The molecule has 2 rings (SSSR count). The molecule has 0 aliphatic carbocycles. The minimum absolute atomic E-state index is 0.00596. The third-order valence-electron chi connectivity index (χ3n) is 8.54. The first-order valence-corrected chi connectivity index (χ1v) is 16.6. The summed E-state index contributed by atoms with van der Waals surface area (Å²) in [5, 5.41) is 9.62. The number of rotatable bonds is 10. The van der Waals surface area contributed by atoms with E-state index in [1.807, 2.05) is 19.1 Å². The highest BCUT2D eigenvalue weighted by atomic mass is 28.4. The fraction of sp³-hybridized carbons (Fsp3) is 0.594. The van der Waals surface area contributed by atoms with Crippen LogP contribution in [0.5, 0.6) is 5.75 Å². The van der Waals surface area contributed by atoms with E-state index in [1.165, 1.54) is 5.56 Å². The highest BCUT2D eigenvalue weighted by molar-refractivity contribution is 6.74. The smallest absolute Gasteiger partial charge is 0.335 e. The summed E-state index contributed by atoms with van der Waals surface area (Å²) in [6.45, 7) is 27.0. The molecule has 2 aromatic rings. The zero-order valence-electron chi connectivity index (χ0n) is 25.3. The van der Waals surface area contributed by atoms with Gasteiger partial charge in [0.1, 0.15) is 12.4 Å². The minimum Gasteiger partial charge on any atom is -0.491 e. The highest BCUT2D eigenvalue weighted by Crippen LogP contribution is 2.42. The number of aromatic carboxylic acids is 1. The van der Waals surface area contributed by atoms with Gasteiger partial charge in [0.2, 0.25) is 0 Å². The fourth-order valence-corrected chi connectivity index (χ4v) is 6.19. The molecular formula is C32H50O4Si. The molecule has 0 fully saturated rings. The zero-order chi connectivity index (χ0) is 28.4. The fourth-order valence-electron chi connectivity index (χ4n) is 4.70. The molecule has 0 saturated heterocycles. The summed E-state index contributed by atoms with van der Waals surface area (Å²) in [4.78, 5) is 11.6. The van der Waals surface area contributed by atoms with E-state index in [0.717, 1.165) is 35.3 Å². The van der Waals surface area contributed by atoms with Gasteiger partial charge in [-0.2, -0.15) is 0 Å². The van der Waals surface area contributed by atoms with Crippen molar-refractivity contribution in [2.24, 2.45) is 5.41 Å². The number of benzene rings is 2. The van der Waals surface area contributed by atoms with Crippen LogP contribution >= 0.6 is 0 Å². The Morgan fingerprint density at radius 1 is 0.892 bits per heavy atom. The Hall–Kier alpha value is -2.11. The number of ether oxygens (including phenoxy) is 1. The molecule has 0 aromatic heterocycles. The second-order valence-electron chi connectivity index (χ2n) is 13.1. The lowest BCUT2D eigenvalue weighted by Crippen LogP contribution is -2.49. The Bertz CT molecular complexity index is 1080. The Morgan fingerprint density at radius 3 is 1.81 bits per heavy atom. The van der Waals surface area contributed by atoms with E-state index in [0.29, 0.717) is 12.2 Å². The van der Waals surface area contributed by atoms with Crippen molar-refractivity contribution in [1.82, 2.24) is 0 Å². The summed E-state index contributed by atoms with van der Waals surface area (Å²) < 4.78 is 13.2. The molecule has 0 aliphatic rings. The van der Waals surface area contributed by atoms with E-state index in [1.54, 1.807) is 6.07 Å². The number of aryl methyl sites for hydroxylation is 2. The molecule has 0 radical (unpaired) electrons. The van der Waals surface area contributed by atoms with E-state index < -0.39 is 14.3 Å². The molecular weight excluding hydrogens is 476 g/mol. The van der Waals surface area contributed by atoms with Gasteiger partial charge in [-0.05, 0) is 84.6 Å². The van der Waals surface area contributed by atoms with E-state index in [-0.39, 0.29) is 22.0 Å². The van der Waals surface area contributed by atoms with Crippen molar-refractivity contribution in [2.75, 3.05) is 6.61 Å². The monoisotopic (exact) mass is 526 g/mol. The normalized spacial score (nSPS) is 13.9. The average molecular weight is 527 g/mol. The van der Waals surface area contributed by atoms with Gasteiger partial charge in [-0.15, -0.1) is 0 Å². The van der Waals surface area contributed by atoms with Crippen molar-refractivity contribution in [3.63, 3.8) is 0 Å². The Labute approximate surface area is 226 Å². The SMILES string of the molecule is CCC(CC)(c1ccc(OCC(O[Si](C)(C)C(C)(C)C)C(C)(C)C)c(C)c1)c1ccc(C(=O)O)c(C)c1. The summed E-state index contributed by atoms with van der Waals surface area (Å²) in [5.74, 6) is 0.00133. The quantitative estimate of drug-likeness (QED) is 0.314. The molecule has 0 aliphatic heterocycles. The van der Waals surface area contributed by atoms with Crippen LogP contribution in [0.3, 0.4) is 0 Å². The summed E-state index contributed by atoms with van der Waals surface area (Å²) in [5.41, 5.74) is 4.41. The van der Waals surface area contributed by atoms with Crippen LogP contribution in [-0.4, -0.2) is 32.1 Å². The number of hydrogen-bond acceptors (Lipinski definition) is 3. The third-order valence-corrected chi connectivity index (χ3v) is 13.0. The standard InChI is InChI=1S/C32H50O4Si/c1-13-32(14-2,24-15-17-26(29(33)34)22(3)19-24)25-16-18-27(23(4)20-25)35-21-28(30(5,6)7)36-37(11,12)31(8,9)10/h15-20,28H,13-14,21H2,1-12H3,(H,33,34). The minimum atomic E-state index is -1.94. The Balaban J connectivity index is 2.37. The molecule has 5 heteroatoms. The lowest BCUT2D eigenvalue weighted by Gasteiger charge is -2.43. The van der Waals surface area contributed by atoms with Crippen molar-refractivity contribution < 1.29 is 19.1 Å². The van der Waals surface area contributed by atoms with Gasteiger partial charge in [0.15, 0.2) is 8.32 Å². The second-order valence-corrected chi connectivity index (χ2v) is 17.9. The van der Waals surface area contributed by atoms with Crippen LogP contribution in [-0.2, 0) is 9.84 Å². The van der Waals surface area contributed by atoms with Crippen LogP contribution in [0.15, 0.2) is 36.4 Å². The molecule has 0 saturated carbocycles. The maximum absolute atomic E-state index is 11.6. The van der Waals surface area contributed by atoms with Crippen molar-refractivity contribution >= 4 is 14.3 Å². The van der Waals surface area contributed by atoms with Crippen molar-refractivity contribution in [2.45, 2.75) is 112 Å². The Morgan fingerprint density at radius 2 is 1.41 bits per heavy atom. The maximum atomic E-state index is 11.6. The molecule has 37 heavy (non-hydrogen) atoms. The van der Waals surface area contributed by atoms with Gasteiger partial charge in [0, 0.05) is 5.41 Å². The van der Waals surface area contributed by atoms with Crippen molar-refractivity contribution in [3.8, 4) is 5.75 Å². The van der Waals surface area contributed by atoms with E-state index in [2.05, 4.69) is 93.6 Å². The van der Waals surface area contributed by atoms with Gasteiger partial charge < -0.3 is 14.3 Å². The van der Waals surface area contributed by atoms with Crippen LogP contribution < -0.4 is 4.74 Å². The summed E-state index contributed by atoms with van der Waals surface area (Å²) >= 11 is 0. The van der Waals surface area contributed by atoms with Gasteiger partial charge in [-0.25, -0.2) is 4.79 Å². The number of carboxylic acids is 1. The topological polar surface area (TPSA) is 55.8 Å². The first-order chi connectivity index (χ1) is 16.9. The highest BCUT2D eigenvalue weighted by Gasteiger charge is 2.42. The molecule has 1 N–H and O–H groups in total. The van der Waals surface area contributed by atoms with Crippen LogP contribution in [0.4, 0.5) is 0 Å². The van der Waals surface area contributed by atoms with E-state index >= 15 is 0 Å². The van der Waals surface area contributed by atoms with Crippen LogP contribution in [0.25, 0.3) is 0 Å². The van der Waals surface area contributed by atoms with Crippen LogP contribution in [0.2, 0.25) is 18.1 Å². The lowest BCUT2D eigenvalue weighted by atomic mass is 9.70. The molecule has 1 unspecified atom stereocenters. The van der Waals surface area contributed by atoms with Crippen LogP contribution in [0, 0.1) is 19.3 Å². The van der Waals surface area contributed by atoms with Crippen molar-refractivity contribution in [3.05, 3.63) is 64.2 Å². The molecule has 0 bridgehead atoms. The van der Waals surface area contributed by atoms with E-state index in [9.17, 15) is 9.90 Å². The first kappa shape index (κ1) is 31.1. The van der Waals surface area contributed by atoms with Gasteiger partial charge in [-0.1, -0.05) is 79.7 Å². The van der Waals surface area contributed by atoms with Crippen molar-refractivity contribution in [1.29, 1.82) is 0 Å².